The van der Waals surface area contributed by atoms with Crippen LogP contribution in [0.25, 0.3) is 0 Å². The number of hydrogen-bond donors (Lipinski definition) is 1. The van der Waals surface area contributed by atoms with E-state index in [4.69, 9.17) is 4.52 Å². The Morgan fingerprint density at radius 2 is 2.15 bits per heavy atom. The highest BCUT2D eigenvalue weighted by molar-refractivity contribution is 6.01. The molecule has 1 atom stereocenters. The molecule has 1 aromatic carbocycles. The monoisotopic (exact) mass is 367 g/mol. The number of nitrogens with one attached hydrogen (secondary N) is 1. The molecule has 1 fully saturated rings. The fourth-order valence-electron chi connectivity index (χ4n) is 2.87. The first-order valence-corrected chi connectivity index (χ1v) is 7.96. The number of alkyl halides is 3. The maximum atomic E-state index is 12.8. The lowest BCUT2D eigenvalue weighted by molar-refractivity contribution is -0.137. The molecule has 0 saturated carbocycles. The number of aromatic nitrogens is 1. The third-order valence-electron chi connectivity index (χ3n) is 4.12. The van der Waals surface area contributed by atoms with Gasteiger partial charge in [0.15, 0.2) is 0 Å². The van der Waals surface area contributed by atoms with Crippen LogP contribution in [0.4, 0.5) is 24.7 Å². The molecule has 6 nitrogen and oxygen atoms in total. The van der Waals surface area contributed by atoms with Gasteiger partial charge in [0.25, 0.3) is 0 Å². The third-order valence-corrected chi connectivity index (χ3v) is 4.12. The second-order valence-corrected chi connectivity index (χ2v) is 6.11. The number of halogens is 3. The van der Waals surface area contributed by atoms with E-state index in [0.717, 1.165) is 12.1 Å². The van der Waals surface area contributed by atoms with Crippen molar-refractivity contribution in [2.24, 2.45) is 5.92 Å². The van der Waals surface area contributed by atoms with Crippen molar-refractivity contribution >= 4 is 23.4 Å². The van der Waals surface area contributed by atoms with E-state index in [0.29, 0.717) is 12.1 Å². The van der Waals surface area contributed by atoms with Crippen LogP contribution in [0.3, 0.4) is 0 Å². The van der Waals surface area contributed by atoms with Gasteiger partial charge in [-0.2, -0.15) is 13.2 Å². The summed E-state index contributed by atoms with van der Waals surface area (Å²) in [5, 5.41) is 6.15. The average molecular weight is 367 g/mol. The summed E-state index contributed by atoms with van der Waals surface area (Å²) in [6, 6.07) is 6.15. The molecule has 3 rings (SSSR count). The van der Waals surface area contributed by atoms with E-state index < -0.39 is 23.6 Å². The smallest absolute Gasteiger partial charge is 0.338 e. The lowest BCUT2D eigenvalue weighted by Gasteiger charge is -2.18. The Hall–Kier alpha value is -2.84. The number of amides is 2. The molecule has 2 amide bonds. The Balaban J connectivity index is 1.65. The highest BCUT2D eigenvalue weighted by Gasteiger charge is 2.36. The van der Waals surface area contributed by atoms with Crippen molar-refractivity contribution in [2.45, 2.75) is 25.9 Å². The maximum Gasteiger partial charge on any atom is 0.416 e. The first kappa shape index (κ1) is 18.0. The Bertz CT molecular complexity index is 832. The fourth-order valence-corrected chi connectivity index (χ4v) is 2.87. The molecule has 9 heteroatoms. The summed E-state index contributed by atoms with van der Waals surface area (Å²) in [6.07, 6.45) is -4.17. The molecule has 26 heavy (non-hydrogen) atoms. The van der Waals surface area contributed by atoms with Gasteiger partial charge < -0.3 is 9.42 Å². The minimum Gasteiger partial charge on any atom is -0.338 e. The number of aryl methyl sites for hydroxylation is 1. The molecule has 0 aliphatic carbocycles. The van der Waals surface area contributed by atoms with Gasteiger partial charge in [0.2, 0.25) is 17.7 Å². The van der Waals surface area contributed by atoms with Gasteiger partial charge in [-0.05, 0) is 31.5 Å². The zero-order valence-electron chi connectivity index (χ0n) is 13.8. The number of anilines is 2. The number of hydrogen-bond acceptors (Lipinski definition) is 4. The van der Waals surface area contributed by atoms with E-state index in [9.17, 15) is 22.8 Å². The summed E-state index contributed by atoms with van der Waals surface area (Å²) >= 11 is 0. The van der Waals surface area contributed by atoms with Crippen LogP contribution in [0.1, 0.15) is 24.1 Å². The Labute approximate surface area is 146 Å². The lowest BCUT2D eigenvalue weighted by Crippen LogP contribution is -2.29. The number of benzene rings is 1. The van der Waals surface area contributed by atoms with Crippen LogP contribution in [0.15, 0.2) is 34.9 Å². The van der Waals surface area contributed by atoms with E-state index in [1.807, 2.05) is 0 Å². The second-order valence-electron chi connectivity index (χ2n) is 6.11. The molecule has 1 aliphatic heterocycles. The molecule has 1 unspecified atom stereocenters. The Kier molecular flexibility index (Phi) is 4.71. The van der Waals surface area contributed by atoms with Crippen molar-refractivity contribution in [2.75, 3.05) is 16.8 Å². The minimum atomic E-state index is -4.48. The summed E-state index contributed by atoms with van der Waals surface area (Å²) in [7, 11) is 0. The third kappa shape index (κ3) is 3.87. The summed E-state index contributed by atoms with van der Waals surface area (Å²) in [5.74, 6) is -1.18. The van der Waals surface area contributed by atoms with Crippen molar-refractivity contribution in [3.8, 4) is 0 Å². The van der Waals surface area contributed by atoms with E-state index in [-0.39, 0.29) is 30.4 Å². The van der Waals surface area contributed by atoms with Gasteiger partial charge >= 0.3 is 6.18 Å². The molecule has 0 radical (unpaired) electrons. The Morgan fingerprint density at radius 3 is 2.81 bits per heavy atom. The summed E-state index contributed by atoms with van der Waals surface area (Å²) in [4.78, 5) is 25.8. The Morgan fingerprint density at radius 1 is 1.38 bits per heavy atom. The predicted molar refractivity (Wildman–Crippen MR) is 86.4 cm³/mol. The largest absolute Gasteiger partial charge is 0.416 e. The van der Waals surface area contributed by atoms with Crippen LogP contribution in [-0.2, 0) is 15.8 Å². The second kappa shape index (κ2) is 6.81. The molecule has 1 aromatic heterocycles. The van der Waals surface area contributed by atoms with Crippen LogP contribution >= 0.6 is 0 Å². The van der Waals surface area contributed by atoms with Gasteiger partial charge in [0, 0.05) is 30.6 Å². The fraction of sp³-hybridized carbons (Fsp3) is 0.353. The first-order chi connectivity index (χ1) is 12.2. The van der Waals surface area contributed by atoms with Crippen LogP contribution in [-0.4, -0.2) is 23.5 Å². The normalized spacial score (nSPS) is 17.6. The molecule has 2 heterocycles. The zero-order valence-corrected chi connectivity index (χ0v) is 13.8. The van der Waals surface area contributed by atoms with Crippen LogP contribution in [0.5, 0.6) is 0 Å². The van der Waals surface area contributed by atoms with Crippen LogP contribution in [0, 0.1) is 12.8 Å². The molecular formula is C17H16F3N3O3. The van der Waals surface area contributed by atoms with Gasteiger partial charge in [0.05, 0.1) is 11.3 Å². The topological polar surface area (TPSA) is 75.4 Å². The average Bonchev–Trinajstić information content (AvgIpc) is 3.13. The van der Waals surface area contributed by atoms with Gasteiger partial charge in [0.1, 0.15) is 0 Å². The van der Waals surface area contributed by atoms with Crippen molar-refractivity contribution in [1.82, 2.24) is 5.16 Å². The predicted octanol–water partition coefficient (Wildman–Crippen LogP) is 3.38. The molecular weight excluding hydrogens is 351 g/mol. The van der Waals surface area contributed by atoms with Crippen molar-refractivity contribution < 1.29 is 27.3 Å². The van der Waals surface area contributed by atoms with Crippen molar-refractivity contribution in [3.05, 3.63) is 41.6 Å². The van der Waals surface area contributed by atoms with Crippen molar-refractivity contribution in [3.63, 3.8) is 0 Å². The molecule has 2 aromatic rings. The SMILES string of the molecule is Cc1cc(NC(=O)CC2CCN(c3cccc(C(F)(F)F)c3)C2=O)on1. The molecule has 0 spiro atoms. The van der Waals surface area contributed by atoms with Gasteiger partial charge in [-0.25, -0.2) is 0 Å². The van der Waals surface area contributed by atoms with Crippen LogP contribution in [0.2, 0.25) is 0 Å². The standard InChI is InChI=1S/C17H16F3N3O3/c1-10-7-15(26-22-10)21-14(24)8-11-5-6-23(16(11)25)13-4-2-3-12(9-13)17(18,19)20/h2-4,7,9,11H,5-6,8H2,1H3,(H,21,24). The molecule has 138 valence electrons. The molecule has 0 bridgehead atoms. The summed E-state index contributed by atoms with van der Waals surface area (Å²) in [5.41, 5.74) is -0.0313. The molecule has 1 aliphatic rings. The molecule has 1 saturated heterocycles. The van der Waals surface area contributed by atoms with Crippen molar-refractivity contribution in [1.29, 1.82) is 0 Å². The number of rotatable bonds is 4. The number of carbonyl (C=O) groups excluding carboxylic acids is 2. The highest BCUT2D eigenvalue weighted by Crippen LogP contribution is 2.34. The maximum absolute atomic E-state index is 12.8. The van der Waals surface area contributed by atoms with Gasteiger partial charge in [-0.1, -0.05) is 11.2 Å². The van der Waals surface area contributed by atoms with E-state index in [1.165, 1.54) is 17.0 Å². The lowest BCUT2D eigenvalue weighted by atomic mass is 10.0. The number of carbonyl (C=O) groups is 2. The minimum absolute atomic E-state index is 0.0754. The van der Waals surface area contributed by atoms with E-state index >= 15 is 0 Å². The highest BCUT2D eigenvalue weighted by atomic mass is 19.4. The zero-order chi connectivity index (χ0) is 18.9. The number of nitrogens with zero attached hydrogens (tertiary/aromatic N) is 2. The van der Waals surface area contributed by atoms with E-state index in [2.05, 4.69) is 10.5 Å². The summed E-state index contributed by atoms with van der Waals surface area (Å²) in [6.45, 7) is 1.96. The first-order valence-electron chi connectivity index (χ1n) is 7.96. The van der Waals surface area contributed by atoms with Gasteiger partial charge in [-0.3, -0.25) is 14.9 Å². The van der Waals surface area contributed by atoms with E-state index in [1.54, 1.807) is 13.0 Å². The summed E-state index contributed by atoms with van der Waals surface area (Å²) < 4.78 is 43.4. The quantitative estimate of drug-likeness (QED) is 0.899. The molecule has 1 N–H and O–H groups in total. The van der Waals surface area contributed by atoms with Crippen LogP contribution < -0.4 is 10.2 Å². The van der Waals surface area contributed by atoms with Gasteiger partial charge in [-0.15, -0.1) is 0 Å².